The van der Waals surface area contributed by atoms with Crippen LogP contribution in [0.4, 0.5) is 11.8 Å². The zero-order chi connectivity index (χ0) is 26.5. The molecule has 10 nitrogen and oxygen atoms in total. The second-order valence-electron chi connectivity index (χ2n) is 11.1. The van der Waals surface area contributed by atoms with Crippen LogP contribution in [-0.2, 0) is 4.74 Å². The van der Waals surface area contributed by atoms with Gasteiger partial charge in [-0.15, -0.1) is 0 Å². The third-order valence-electron chi connectivity index (χ3n) is 8.25. The van der Waals surface area contributed by atoms with E-state index in [4.69, 9.17) is 20.1 Å². The number of piperazine rings is 1. The summed E-state index contributed by atoms with van der Waals surface area (Å²) in [5.74, 6) is 1.34. The maximum Gasteiger partial charge on any atom is 0.230 e. The highest BCUT2D eigenvalue weighted by Gasteiger charge is 2.29. The molecule has 3 aliphatic rings. The Bertz CT molecular complexity index is 1100. The molecule has 0 atom stereocenters. The van der Waals surface area contributed by atoms with E-state index in [0.29, 0.717) is 35.8 Å². The van der Waals surface area contributed by atoms with Crippen molar-refractivity contribution in [3.8, 4) is 0 Å². The van der Waals surface area contributed by atoms with Crippen LogP contribution in [0.25, 0.3) is 10.2 Å². The van der Waals surface area contributed by atoms with Crippen LogP contribution in [0.5, 0.6) is 0 Å². The molecular weight excluding hydrogens is 498 g/mol. The molecule has 1 saturated carbocycles. The number of aryl methyl sites for hydroxylation is 1. The van der Waals surface area contributed by atoms with E-state index < -0.39 is 0 Å². The minimum atomic E-state index is 0.361. The molecule has 4 heterocycles. The smallest absolute Gasteiger partial charge is 0.230 e. The summed E-state index contributed by atoms with van der Waals surface area (Å²) in [5, 5.41) is 19.3. The van der Waals surface area contributed by atoms with Crippen LogP contribution in [0.2, 0.25) is 0 Å². The standard InChI is InChI=1S/C27H43N9OS/c1-18(2)35-10-12-36(13-11-35)23-6-4-21(5-7-23)30-25-24-19(3)34-38-26(24)33-27(32-25)31-22(16-28)17-29-20-8-14-37-15-9-20/h16-18,20-21,23,28-29H,4-15H2,1-3H3,(H2,30,31,32,33)/b22-17+,28-16?/t21-,23-. The number of allylic oxidation sites excluding steroid dienone is 1. The molecule has 0 spiro atoms. The molecule has 0 aromatic carbocycles. The first kappa shape index (κ1) is 27.2. The molecule has 2 aliphatic heterocycles. The zero-order valence-corrected chi connectivity index (χ0v) is 23.8. The lowest BCUT2D eigenvalue weighted by molar-refractivity contribution is 0.0631. The van der Waals surface area contributed by atoms with Gasteiger partial charge in [0.1, 0.15) is 5.82 Å². The van der Waals surface area contributed by atoms with Crippen LogP contribution in [0.3, 0.4) is 0 Å². The predicted octanol–water partition coefficient (Wildman–Crippen LogP) is 3.82. The second-order valence-corrected chi connectivity index (χ2v) is 11.8. The lowest BCUT2D eigenvalue weighted by atomic mass is 9.89. The van der Waals surface area contributed by atoms with E-state index in [0.717, 1.165) is 60.6 Å². The molecule has 208 valence electrons. The summed E-state index contributed by atoms with van der Waals surface area (Å²) in [4.78, 5) is 15.8. The van der Waals surface area contributed by atoms with Crippen molar-refractivity contribution < 1.29 is 4.74 Å². The molecule has 1 aliphatic carbocycles. The summed E-state index contributed by atoms with van der Waals surface area (Å²) >= 11 is 1.40. The normalized spacial score (nSPS) is 24.6. The topological polar surface area (TPSA) is 114 Å². The average Bonchev–Trinajstić information content (AvgIpc) is 3.32. The maximum atomic E-state index is 7.88. The summed E-state index contributed by atoms with van der Waals surface area (Å²) in [7, 11) is 0. The van der Waals surface area contributed by atoms with Crippen molar-refractivity contribution in [1.29, 1.82) is 5.41 Å². The van der Waals surface area contributed by atoms with Gasteiger partial charge in [0, 0.05) is 76.0 Å². The molecule has 38 heavy (non-hydrogen) atoms. The van der Waals surface area contributed by atoms with Gasteiger partial charge in [0.25, 0.3) is 0 Å². The van der Waals surface area contributed by atoms with Gasteiger partial charge < -0.3 is 26.1 Å². The van der Waals surface area contributed by atoms with Crippen molar-refractivity contribution in [3.63, 3.8) is 0 Å². The molecule has 2 saturated heterocycles. The zero-order valence-electron chi connectivity index (χ0n) is 23.0. The fraction of sp³-hybridized carbons (Fsp3) is 0.704. The van der Waals surface area contributed by atoms with Gasteiger partial charge in [-0.2, -0.15) is 14.3 Å². The Morgan fingerprint density at radius 3 is 2.45 bits per heavy atom. The molecule has 0 unspecified atom stereocenters. The van der Waals surface area contributed by atoms with E-state index in [9.17, 15) is 0 Å². The van der Waals surface area contributed by atoms with Crippen LogP contribution in [0, 0.1) is 12.3 Å². The monoisotopic (exact) mass is 541 g/mol. The Labute approximate surface area is 230 Å². The Kier molecular flexibility index (Phi) is 9.08. The summed E-state index contributed by atoms with van der Waals surface area (Å²) in [6.45, 7) is 12.9. The van der Waals surface area contributed by atoms with E-state index >= 15 is 0 Å². The molecule has 2 aromatic rings. The van der Waals surface area contributed by atoms with Gasteiger partial charge in [0.2, 0.25) is 5.95 Å². The number of anilines is 2. The molecule has 0 amide bonds. The largest absolute Gasteiger partial charge is 0.386 e. The summed E-state index contributed by atoms with van der Waals surface area (Å²) in [6.07, 6.45) is 9.80. The van der Waals surface area contributed by atoms with Crippen LogP contribution >= 0.6 is 11.5 Å². The Balaban J connectivity index is 1.22. The number of aromatic nitrogens is 3. The molecule has 11 heteroatoms. The molecule has 5 rings (SSSR count). The van der Waals surface area contributed by atoms with Crippen molar-refractivity contribution in [3.05, 3.63) is 17.6 Å². The predicted molar refractivity (Wildman–Crippen MR) is 155 cm³/mol. The van der Waals surface area contributed by atoms with Crippen molar-refractivity contribution in [1.82, 2.24) is 29.5 Å². The number of ether oxygens (including phenoxy) is 1. The van der Waals surface area contributed by atoms with E-state index in [-0.39, 0.29) is 0 Å². The van der Waals surface area contributed by atoms with Gasteiger partial charge in [0.05, 0.1) is 16.8 Å². The van der Waals surface area contributed by atoms with E-state index in [2.05, 4.69) is 44.0 Å². The number of rotatable bonds is 9. The summed E-state index contributed by atoms with van der Waals surface area (Å²) in [5.41, 5.74) is 1.58. The minimum absolute atomic E-state index is 0.361. The summed E-state index contributed by atoms with van der Waals surface area (Å²) < 4.78 is 9.99. The molecule has 3 fully saturated rings. The lowest BCUT2D eigenvalue weighted by Gasteiger charge is -2.43. The molecule has 0 bridgehead atoms. The Morgan fingerprint density at radius 2 is 1.76 bits per heavy atom. The Morgan fingerprint density at radius 1 is 1.03 bits per heavy atom. The van der Waals surface area contributed by atoms with Crippen LogP contribution in [0.15, 0.2) is 11.9 Å². The van der Waals surface area contributed by atoms with E-state index in [1.807, 2.05) is 13.1 Å². The number of hydrogen-bond donors (Lipinski definition) is 4. The van der Waals surface area contributed by atoms with Gasteiger partial charge in [-0.3, -0.25) is 9.80 Å². The lowest BCUT2D eigenvalue weighted by Crippen LogP contribution is -2.53. The first-order chi connectivity index (χ1) is 18.5. The molecular formula is C27H43N9OS. The number of fused-ring (bicyclic) bond motifs is 1. The van der Waals surface area contributed by atoms with E-state index in [1.165, 1.54) is 56.8 Å². The highest BCUT2D eigenvalue weighted by atomic mass is 32.1. The first-order valence-corrected chi connectivity index (χ1v) is 15.0. The third kappa shape index (κ3) is 6.62. The third-order valence-corrected chi connectivity index (χ3v) is 9.08. The van der Waals surface area contributed by atoms with E-state index in [1.54, 1.807) is 0 Å². The minimum Gasteiger partial charge on any atom is -0.386 e. The first-order valence-electron chi connectivity index (χ1n) is 14.2. The van der Waals surface area contributed by atoms with Crippen molar-refractivity contribution in [2.24, 2.45) is 0 Å². The van der Waals surface area contributed by atoms with Gasteiger partial charge >= 0.3 is 0 Å². The van der Waals surface area contributed by atoms with Gasteiger partial charge in [-0.05, 0) is 70.8 Å². The Hall–Kier alpha value is -2.34. The highest BCUT2D eigenvalue weighted by Crippen LogP contribution is 2.32. The van der Waals surface area contributed by atoms with Crippen LogP contribution in [0.1, 0.15) is 58.1 Å². The van der Waals surface area contributed by atoms with Gasteiger partial charge in [0.15, 0.2) is 4.83 Å². The van der Waals surface area contributed by atoms with Gasteiger partial charge in [-0.25, -0.2) is 0 Å². The fourth-order valence-electron chi connectivity index (χ4n) is 5.86. The number of nitrogens with zero attached hydrogens (tertiary/aromatic N) is 5. The SMILES string of the molecule is Cc1nsc2nc(N/C(C=N)=C/NC3CCOCC3)nc(N[C@H]3CC[C@H](N4CCN(C(C)C)CC4)CC3)c12. The summed E-state index contributed by atoms with van der Waals surface area (Å²) in [6, 6.07) is 2.09. The van der Waals surface area contributed by atoms with Gasteiger partial charge in [-0.1, -0.05) is 0 Å². The quantitative estimate of drug-likeness (QED) is 0.352. The van der Waals surface area contributed by atoms with Crippen molar-refractivity contribution in [2.45, 2.75) is 83.5 Å². The molecule has 2 aromatic heterocycles. The van der Waals surface area contributed by atoms with Crippen molar-refractivity contribution >= 4 is 39.7 Å². The average molecular weight is 542 g/mol. The van der Waals surface area contributed by atoms with Crippen LogP contribution < -0.4 is 16.0 Å². The molecule has 4 N–H and O–H groups in total. The maximum absolute atomic E-state index is 7.88. The highest BCUT2D eigenvalue weighted by molar-refractivity contribution is 7.13. The second kappa shape index (κ2) is 12.7. The number of nitrogens with one attached hydrogen (secondary N) is 4. The number of hydrogen-bond acceptors (Lipinski definition) is 11. The molecule has 0 radical (unpaired) electrons. The fourth-order valence-corrected chi connectivity index (χ4v) is 6.64. The van der Waals surface area contributed by atoms with Crippen LogP contribution in [-0.4, -0.2) is 93.9 Å². The van der Waals surface area contributed by atoms with Crippen molar-refractivity contribution in [2.75, 3.05) is 50.0 Å².